The van der Waals surface area contributed by atoms with Crippen molar-refractivity contribution in [3.8, 4) is 0 Å². The number of fused-ring (bicyclic) bond motifs is 1. The summed E-state index contributed by atoms with van der Waals surface area (Å²) in [6.45, 7) is 0.452. The summed E-state index contributed by atoms with van der Waals surface area (Å²) >= 11 is 6.08. The minimum absolute atomic E-state index is 0.0501. The normalized spacial score (nSPS) is 12.7. The molecule has 1 heterocycles. The maximum Gasteiger partial charge on any atom is 0.126 e. The van der Waals surface area contributed by atoms with E-state index in [0.29, 0.717) is 23.6 Å². The zero-order valence-corrected chi connectivity index (χ0v) is 12.2. The molecule has 1 unspecified atom stereocenters. The first-order valence-electron chi connectivity index (χ1n) is 6.89. The molecule has 0 aliphatic carbocycles. The molecule has 21 heavy (non-hydrogen) atoms. The van der Waals surface area contributed by atoms with E-state index in [1.165, 1.54) is 6.07 Å². The molecule has 0 saturated carbocycles. The molecular weight excluding hydrogens is 287 g/mol. The largest absolute Gasteiger partial charge is 0.361 e. The Morgan fingerprint density at radius 2 is 2.00 bits per heavy atom. The molecule has 0 bridgehead atoms. The first-order valence-corrected chi connectivity index (χ1v) is 7.27. The maximum atomic E-state index is 13.8. The Balaban J connectivity index is 1.99. The van der Waals surface area contributed by atoms with Crippen molar-refractivity contribution in [2.24, 2.45) is 5.73 Å². The van der Waals surface area contributed by atoms with Crippen LogP contribution in [0.4, 0.5) is 4.39 Å². The van der Waals surface area contributed by atoms with Gasteiger partial charge in [-0.1, -0.05) is 29.8 Å². The van der Waals surface area contributed by atoms with Gasteiger partial charge in [0.2, 0.25) is 0 Å². The molecule has 0 aliphatic rings. The van der Waals surface area contributed by atoms with E-state index in [0.717, 1.165) is 16.5 Å². The first kappa shape index (κ1) is 14.1. The topological polar surface area (TPSA) is 41.8 Å². The van der Waals surface area contributed by atoms with Gasteiger partial charge in [-0.3, -0.25) is 0 Å². The van der Waals surface area contributed by atoms with Crippen LogP contribution in [0.2, 0.25) is 5.02 Å². The van der Waals surface area contributed by atoms with Crippen LogP contribution in [0.25, 0.3) is 10.9 Å². The number of hydrogen-bond donors (Lipinski definition) is 2. The number of nitrogens with two attached hydrogens (primary N) is 1. The first-order chi connectivity index (χ1) is 10.2. The number of aromatic nitrogens is 1. The van der Waals surface area contributed by atoms with Crippen LogP contribution in [0.15, 0.2) is 48.7 Å². The molecule has 2 nitrogen and oxygen atoms in total. The van der Waals surface area contributed by atoms with E-state index in [4.69, 9.17) is 17.3 Å². The van der Waals surface area contributed by atoms with Gasteiger partial charge in [0.1, 0.15) is 5.82 Å². The molecule has 0 fully saturated rings. The van der Waals surface area contributed by atoms with Crippen molar-refractivity contribution in [2.45, 2.75) is 12.3 Å². The summed E-state index contributed by atoms with van der Waals surface area (Å²) in [5.74, 6) is -0.136. The van der Waals surface area contributed by atoms with E-state index in [1.54, 1.807) is 12.1 Å². The summed E-state index contributed by atoms with van der Waals surface area (Å²) < 4.78 is 13.8. The number of hydrogen-bond acceptors (Lipinski definition) is 1. The van der Waals surface area contributed by atoms with E-state index in [-0.39, 0.29) is 11.7 Å². The third kappa shape index (κ3) is 2.80. The molecular formula is C17H16ClFN2. The van der Waals surface area contributed by atoms with Crippen LogP contribution in [-0.2, 0) is 6.42 Å². The van der Waals surface area contributed by atoms with Crippen molar-refractivity contribution in [1.29, 1.82) is 0 Å². The predicted molar refractivity (Wildman–Crippen MR) is 85.2 cm³/mol. The molecule has 2 aromatic carbocycles. The molecule has 108 valence electrons. The highest BCUT2D eigenvalue weighted by molar-refractivity contribution is 6.31. The second-order valence-corrected chi connectivity index (χ2v) is 5.60. The van der Waals surface area contributed by atoms with Gasteiger partial charge in [0.25, 0.3) is 0 Å². The summed E-state index contributed by atoms with van der Waals surface area (Å²) in [6, 6.07) is 12.5. The van der Waals surface area contributed by atoms with Crippen LogP contribution in [0.3, 0.4) is 0 Å². The summed E-state index contributed by atoms with van der Waals surface area (Å²) in [7, 11) is 0. The maximum absolute atomic E-state index is 13.8. The molecule has 3 aromatic rings. The van der Waals surface area contributed by atoms with Crippen LogP contribution in [0.5, 0.6) is 0 Å². The Hall–Kier alpha value is -1.84. The van der Waals surface area contributed by atoms with E-state index >= 15 is 0 Å². The lowest BCUT2D eigenvalue weighted by Gasteiger charge is -2.15. The van der Waals surface area contributed by atoms with Crippen molar-refractivity contribution in [1.82, 2.24) is 4.98 Å². The number of aromatic amines is 1. The number of nitrogens with one attached hydrogen (secondary N) is 1. The zero-order valence-electron chi connectivity index (χ0n) is 11.4. The summed E-state index contributed by atoms with van der Waals surface area (Å²) in [5.41, 5.74) is 8.70. The zero-order chi connectivity index (χ0) is 14.8. The van der Waals surface area contributed by atoms with Crippen molar-refractivity contribution in [3.05, 3.63) is 70.6 Å². The highest BCUT2D eigenvalue weighted by Crippen LogP contribution is 2.30. The van der Waals surface area contributed by atoms with Gasteiger partial charge in [0.05, 0.1) is 0 Å². The molecule has 0 amide bonds. The average molecular weight is 303 g/mol. The van der Waals surface area contributed by atoms with Gasteiger partial charge in [-0.2, -0.15) is 0 Å². The van der Waals surface area contributed by atoms with E-state index in [9.17, 15) is 4.39 Å². The second kappa shape index (κ2) is 5.88. The van der Waals surface area contributed by atoms with Crippen molar-refractivity contribution < 1.29 is 4.39 Å². The average Bonchev–Trinajstić information content (AvgIpc) is 2.89. The monoisotopic (exact) mass is 302 g/mol. The van der Waals surface area contributed by atoms with Crippen LogP contribution < -0.4 is 5.73 Å². The highest BCUT2D eigenvalue weighted by atomic mass is 35.5. The SMILES string of the molecule is NCC(Cc1ccccc1F)c1c[nH]c2ccc(Cl)cc12. The number of halogens is 2. The molecule has 4 heteroatoms. The fourth-order valence-corrected chi connectivity index (χ4v) is 2.87. The minimum Gasteiger partial charge on any atom is -0.361 e. The summed E-state index contributed by atoms with van der Waals surface area (Å²) in [5, 5.41) is 1.74. The fourth-order valence-electron chi connectivity index (χ4n) is 2.70. The Kier molecular flexibility index (Phi) is 3.95. The molecule has 0 spiro atoms. The fraction of sp³-hybridized carbons (Fsp3) is 0.176. The molecule has 1 atom stereocenters. The predicted octanol–water partition coefficient (Wildman–Crippen LogP) is 4.25. The summed E-state index contributed by atoms with van der Waals surface area (Å²) in [6.07, 6.45) is 2.52. The number of rotatable bonds is 4. The van der Waals surface area contributed by atoms with Gasteiger partial charge in [-0.25, -0.2) is 4.39 Å². The Morgan fingerprint density at radius 3 is 2.76 bits per heavy atom. The van der Waals surface area contributed by atoms with E-state index in [2.05, 4.69) is 4.98 Å². The van der Waals surface area contributed by atoms with Crippen LogP contribution >= 0.6 is 11.6 Å². The van der Waals surface area contributed by atoms with Crippen molar-refractivity contribution in [2.75, 3.05) is 6.54 Å². The molecule has 1 aromatic heterocycles. The number of benzene rings is 2. The van der Waals surface area contributed by atoms with Gasteiger partial charge in [0, 0.05) is 28.0 Å². The standard InChI is InChI=1S/C17H16ClFN2/c18-13-5-6-17-14(8-13)15(10-21-17)12(9-20)7-11-3-1-2-4-16(11)19/h1-6,8,10,12,21H,7,9,20H2. The highest BCUT2D eigenvalue weighted by Gasteiger charge is 2.17. The van der Waals surface area contributed by atoms with Gasteiger partial charge in [0.15, 0.2) is 0 Å². The van der Waals surface area contributed by atoms with E-state index in [1.807, 2.05) is 30.5 Å². The van der Waals surface area contributed by atoms with Crippen molar-refractivity contribution in [3.63, 3.8) is 0 Å². The van der Waals surface area contributed by atoms with Crippen LogP contribution in [-0.4, -0.2) is 11.5 Å². The quantitative estimate of drug-likeness (QED) is 0.743. The van der Waals surface area contributed by atoms with Gasteiger partial charge in [-0.05, 0) is 48.4 Å². The minimum atomic E-state index is -0.186. The van der Waals surface area contributed by atoms with E-state index < -0.39 is 0 Å². The Labute approximate surface area is 127 Å². The third-order valence-electron chi connectivity index (χ3n) is 3.82. The molecule has 3 rings (SSSR count). The van der Waals surface area contributed by atoms with Crippen molar-refractivity contribution >= 4 is 22.5 Å². The van der Waals surface area contributed by atoms with Gasteiger partial charge in [-0.15, -0.1) is 0 Å². The third-order valence-corrected chi connectivity index (χ3v) is 4.06. The van der Waals surface area contributed by atoms with Gasteiger partial charge >= 0.3 is 0 Å². The lowest BCUT2D eigenvalue weighted by molar-refractivity contribution is 0.591. The van der Waals surface area contributed by atoms with Crippen LogP contribution in [0, 0.1) is 5.82 Å². The molecule has 0 saturated heterocycles. The lowest BCUT2D eigenvalue weighted by Crippen LogP contribution is -2.15. The summed E-state index contributed by atoms with van der Waals surface area (Å²) in [4.78, 5) is 3.22. The number of H-pyrrole nitrogens is 1. The van der Waals surface area contributed by atoms with Crippen LogP contribution in [0.1, 0.15) is 17.0 Å². The molecule has 3 N–H and O–H groups in total. The molecule has 0 radical (unpaired) electrons. The Morgan fingerprint density at radius 1 is 1.19 bits per heavy atom. The second-order valence-electron chi connectivity index (χ2n) is 5.16. The molecule has 0 aliphatic heterocycles. The lowest BCUT2D eigenvalue weighted by atomic mass is 9.91. The smallest absolute Gasteiger partial charge is 0.126 e. The van der Waals surface area contributed by atoms with Gasteiger partial charge < -0.3 is 10.7 Å². The Bertz CT molecular complexity index is 766.